The van der Waals surface area contributed by atoms with Gasteiger partial charge in [-0.25, -0.2) is 0 Å². The highest BCUT2D eigenvalue weighted by atomic mass is 35.5. The Bertz CT molecular complexity index is 992. The summed E-state index contributed by atoms with van der Waals surface area (Å²) in [5.41, 5.74) is 0.837. The van der Waals surface area contributed by atoms with Crippen molar-refractivity contribution < 1.29 is 19.2 Å². The van der Waals surface area contributed by atoms with E-state index in [9.17, 15) is 9.59 Å². The second kappa shape index (κ2) is 8.36. The van der Waals surface area contributed by atoms with E-state index in [4.69, 9.17) is 21.2 Å². The summed E-state index contributed by atoms with van der Waals surface area (Å²) in [5.74, 6) is 0.298. The van der Waals surface area contributed by atoms with Gasteiger partial charge in [-0.05, 0) is 55.3 Å². The molecule has 1 N–H and O–H groups in total. The van der Waals surface area contributed by atoms with Crippen LogP contribution in [-0.4, -0.2) is 48.2 Å². The molecule has 0 bridgehead atoms. The first-order valence-electron chi connectivity index (χ1n) is 9.73. The number of piperidine rings is 1. The molecule has 1 spiro atoms. The topological polar surface area (TPSA) is 80.2 Å². The van der Waals surface area contributed by atoms with E-state index >= 15 is 0 Å². The lowest BCUT2D eigenvalue weighted by Gasteiger charge is -2.38. The van der Waals surface area contributed by atoms with Crippen LogP contribution in [-0.2, 0) is 9.63 Å². The molecule has 7 nitrogen and oxygen atoms in total. The highest BCUT2D eigenvalue weighted by Gasteiger charge is 2.45. The van der Waals surface area contributed by atoms with E-state index in [1.54, 1.807) is 60.5 Å². The Hall–Kier alpha value is -3.06. The van der Waals surface area contributed by atoms with Gasteiger partial charge in [-0.2, -0.15) is 0 Å². The minimum absolute atomic E-state index is 0.101. The number of methoxy groups -OCH3 is 1. The molecule has 1 saturated heterocycles. The monoisotopic (exact) mass is 427 g/mol. The third-order valence-corrected chi connectivity index (χ3v) is 5.58. The molecule has 2 aromatic rings. The lowest BCUT2D eigenvalue weighted by molar-refractivity contribution is -0.110. The zero-order valence-corrected chi connectivity index (χ0v) is 17.3. The van der Waals surface area contributed by atoms with Crippen molar-refractivity contribution in [3.05, 3.63) is 59.1 Å². The van der Waals surface area contributed by atoms with Crippen molar-refractivity contribution in [3.63, 3.8) is 0 Å². The summed E-state index contributed by atoms with van der Waals surface area (Å²) >= 11 is 6.02. The van der Waals surface area contributed by atoms with Gasteiger partial charge in [0.2, 0.25) is 0 Å². The predicted molar refractivity (Wildman–Crippen MR) is 114 cm³/mol. The average Bonchev–Trinajstić information content (AvgIpc) is 3.17. The van der Waals surface area contributed by atoms with E-state index in [1.165, 1.54) is 0 Å². The van der Waals surface area contributed by atoms with Crippen molar-refractivity contribution in [2.24, 2.45) is 5.16 Å². The minimum Gasteiger partial charge on any atom is -0.497 e. The Labute approximate surface area is 179 Å². The summed E-state index contributed by atoms with van der Waals surface area (Å²) in [7, 11) is 1.59. The fourth-order valence-corrected chi connectivity index (χ4v) is 4.01. The molecule has 0 radical (unpaired) electrons. The zero-order chi connectivity index (χ0) is 21.1. The molecule has 2 amide bonds. The predicted octanol–water partition coefficient (Wildman–Crippen LogP) is 3.74. The number of anilines is 1. The number of amides is 2. The molecule has 0 aromatic heterocycles. The van der Waals surface area contributed by atoms with Gasteiger partial charge in [0.15, 0.2) is 5.60 Å². The number of hydrogen-bond donors (Lipinski definition) is 1. The van der Waals surface area contributed by atoms with E-state index in [2.05, 4.69) is 10.5 Å². The highest BCUT2D eigenvalue weighted by Crippen LogP contribution is 2.34. The lowest BCUT2D eigenvalue weighted by Crippen LogP contribution is -2.50. The fourth-order valence-electron chi connectivity index (χ4n) is 3.82. The van der Waals surface area contributed by atoms with Crippen LogP contribution >= 0.6 is 11.6 Å². The van der Waals surface area contributed by atoms with Crippen LogP contribution in [0.3, 0.4) is 0 Å². The molecular weight excluding hydrogens is 406 g/mol. The Morgan fingerprint density at radius 3 is 2.77 bits per heavy atom. The number of halogens is 1. The number of nitrogens with zero attached hydrogens (tertiary/aromatic N) is 2. The molecule has 4 rings (SSSR count). The number of rotatable bonds is 4. The van der Waals surface area contributed by atoms with Crippen molar-refractivity contribution in [2.45, 2.75) is 24.9 Å². The molecule has 0 aliphatic carbocycles. The quantitative estimate of drug-likeness (QED) is 0.806. The molecule has 1 atom stereocenters. The second-order valence-corrected chi connectivity index (χ2v) is 7.95. The molecule has 1 fully saturated rings. The summed E-state index contributed by atoms with van der Waals surface area (Å²) in [6.07, 6.45) is 1.86. The summed E-state index contributed by atoms with van der Waals surface area (Å²) in [6, 6.07) is 13.9. The normalized spacial score (nSPS) is 20.5. The van der Waals surface area contributed by atoms with Crippen LogP contribution in [0, 0.1) is 0 Å². The minimum atomic E-state index is -0.668. The molecular formula is C22H22ClN3O4. The molecule has 0 saturated carbocycles. The van der Waals surface area contributed by atoms with Gasteiger partial charge in [0.1, 0.15) is 11.5 Å². The first-order valence-corrected chi connectivity index (χ1v) is 10.1. The van der Waals surface area contributed by atoms with Gasteiger partial charge in [-0.15, -0.1) is 0 Å². The van der Waals surface area contributed by atoms with Crippen LogP contribution in [0.25, 0.3) is 0 Å². The third kappa shape index (κ3) is 4.26. The number of benzene rings is 2. The molecule has 2 aromatic carbocycles. The van der Waals surface area contributed by atoms with Crippen molar-refractivity contribution >= 4 is 34.8 Å². The van der Waals surface area contributed by atoms with E-state index in [0.29, 0.717) is 47.2 Å². The van der Waals surface area contributed by atoms with E-state index in [1.807, 2.05) is 0 Å². The van der Waals surface area contributed by atoms with Gasteiger partial charge in [0.05, 0.1) is 13.7 Å². The number of carbonyl (C=O) groups is 2. The van der Waals surface area contributed by atoms with E-state index in [0.717, 1.165) is 12.8 Å². The maximum atomic E-state index is 12.9. The van der Waals surface area contributed by atoms with Gasteiger partial charge >= 0.3 is 0 Å². The molecule has 2 heterocycles. The lowest BCUT2D eigenvalue weighted by atomic mass is 9.87. The van der Waals surface area contributed by atoms with Crippen LogP contribution in [0.1, 0.15) is 29.6 Å². The van der Waals surface area contributed by atoms with Crippen LogP contribution in [0.4, 0.5) is 5.69 Å². The Morgan fingerprint density at radius 1 is 1.23 bits per heavy atom. The molecule has 8 heteroatoms. The standard InChI is InChI=1S/C22H22ClN3O4/c1-29-18-8-6-17(7-9-18)24-20(27)19-13-22(30-25-19)10-3-11-26(14-22)21(28)15-4-2-5-16(23)12-15/h2,4-9,12H,3,10-11,13-14H2,1H3,(H,24,27). The molecule has 30 heavy (non-hydrogen) atoms. The maximum Gasteiger partial charge on any atom is 0.273 e. The zero-order valence-electron chi connectivity index (χ0n) is 16.6. The Kier molecular flexibility index (Phi) is 5.63. The van der Waals surface area contributed by atoms with E-state index in [-0.39, 0.29) is 11.8 Å². The van der Waals surface area contributed by atoms with Crippen molar-refractivity contribution in [1.29, 1.82) is 0 Å². The van der Waals surface area contributed by atoms with Gasteiger partial charge in [-0.1, -0.05) is 22.8 Å². The number of carbonyl (C=O) groups excluding carboxylic acids is 2. The number of nitrogens with one attached hydrogen (secondary N) is 1. The number of hydrogen-bond acceptors (Lipinski definition) is 5. The van der Waals surface area contributed by atoms with Gasteiger partial charge in [0, 0.05) is 29.2 Å². The smallest absolute Gasteiger partial charge is 0.273 e. The van der Waals surface area contributed by atoms with Crippen LogP contribution in [0.15, 0.2) is 53.7 Å². The van der Waals surface area contributed by atoms with Crippen LogP contribution < -0.4 is 10.1 Å². The van der Waals surface area contributed by atoms with Crippen LogP contribution in [0.5, 0.6) is 5.75 Å². The average molecular weight is 428 g/mol. The molecule has 156 valence electrons. The second-order valence-electron chi connectivity index (χ2n) is 7.51. The summed E-state index contributed by atoms with van der Waals surface area (Å²) in [5, 5.41) is 7.39. The fraction of sp³-hybridized carbons (Fsp3) is 0.318. The number of ether oxygens (including phenoxy) is 1. The van der Waals surface area contributed by atoms with Gasteiger partial charge < -0.3 is 19.8 Å². The molecule has 2 aliphatic heterocycles. The summed E-state index contributed by atoms with van der Waals surface area (Å²) in [6.45, 7) is 1.00. The SMILES string of the molecule is COc1ccc(NC(=O)C2=NOC3(CCCN(C(=O)c4cccc(Cl)c4)C3)C2)cc1. The van der Waals surface area contributed by atoms with Gasteiger partial charge in [0.25, 0.3) is 11.8 Å². The maximum absolute atomic E-state index is 12.9. The first-order chi connectivity index (χ1) is 14.5. The molecule has 2 aliphatic rings. The number of likely N-dealkylation sites (tertiary alicyclic amines) is 1. The summed E-state index contributed by atoms with van der Waals surface area (Å²) < 4.78 is 5.12. The van der Waals surface area contributed by atoms with Crippen LogP contribution in [0.2, 0.25) is 5.02 Å². The first kappa shape index (κ1) is 20.2. The highest BCUT2D eigenvalue weighted by molar-refractivity contribution is 6.43. The Morgan fingerprint density at radius 2 is 2.03 bits per heavy atom. The van der Waals surface area contributed by atoms with Crippen molar-refractivity contribution in [3.8, 4) is 5.75 Å². The van der Waals surface area contributed by atoms with E-state index < -0.39 is 5.60 Å². The van der Waals surface area contributed by atoms with Gasteiger partial charge in [-0.3, -0.25) is 9.59 Å². The summed E-state index contributed by atoms with van der Waals surface area (Å²) in [4.78, 5) is 33.0. The van der Waals surface area contributed by atoms with Crippen molar-refractivity contribution in [2.75, 3.05) is 25.5 Å². The largest absolute Gasteiger partial charge is 0.497 e. The Balaban J connectivity index is 1.40. The van der Waals surface area contributed by atoms with Crippen molar-refractivity contribution in [1.82, 2.24) is 4.90 Å². The number of oxime groups is 1. The molecule has 1 unspecified atom stereocenters. The third-order valence-electron chi connectivity index (χ3n) is 5.35.